The number of aliphatic hydroxyl groups is 3. The van der Waals surface area contributed by atoms with Crippen molar-refractivity contribution < 1.29 is 34.0 Å². The summed E-state index contributed by atoms with van der Waals surface area (Å²) in [6, 6.07) is 0. The number of rotatable bonds is 7. The van der Waals surface area contributed by atoms with Gasteiger partial charge in [0.15, 0.2) is 22.7 Å². The number of nitrogens with zero attached hydrogens (tertiary/aromatic N) is 3. The summed E-state index contributed by atoms with van der Waals surface area (Å²) < 4.78 is 25.0. The van der Waals surface area contributed by atoms with Gasteiger partial charge in [-0.25, -0.2) is 9.97 Å². The maximum atomic E-state index is 12.4. The van der Waals surface area contributed by atoms with E-state index in [1.165, 1.54) is 31.1 Å². The molecular weight excluding hydrogens is 419 g/mol. The van der Waals surface area contributed by atoms with Gasteiger partial charge in [-0.1, -0.05) is 6.92 Å². The van der Waals surface area contributed by atoms with Crippen molar-refractivity contribution in [2.75, 3.05) is 0 Å². The molecule has 12 nitrogen and oxygen atoms in total. The first-order valence-corrected chi connectivity index (χ1v) is 11.1. The van der Waals surface area contributed by atoms with E-state index in [1.54, 1.807) is 13.8 Å². The molecule has 0 bridgehead atoms. The number of aliphatic hydroxyl groups excluding tert-OH is 2. The molecule has 1 aliphatic heterocycles. The highest BCUT2D eigenvalue weighted by molar-refractivity contribution is 7.54. The zero-order valence-electron chi connectivity index (χ0n) is 17.1. The van der Waals surface area contributed by atoms with Gasteiger partial charge < -0.3 is 34.5 Å². The lowest BCUT2D eigenvalue weighted by Gasteiger charge is -2.36. The molecule has 2 aromatic rings. The van der Waals surface area contributed by atoms with Gasteiger partial charge in [0.2, 0.25) is 0 Å². The summed E-state index contributed by atoms with van der Waals surface area (Å²) in [7, 11) is -4.42. The molecule has 0 saturated carbocycles. The molecule has 13 heteroatoms. The lowest BCUT2D eigenvalue weighted by atomic mass is 9.93. The normalized spacial score (nSPS) is 29.1. The van der Waals surface area contributed by atoms with E-state index in [1.807, 2.05) is 0 Å². The van der Waals surface area contributed by atoms with Gasteiger partial charge in [0.25, 0.3) is 5.56 Å². The Kier molecular flexibility index (Phi) is 5.98. The second-order valence-electron chi connectivity index (χ2n) is 8.22. The Morgan fingerprint density at radius 1 is 1.30 bits per heavy atom. The maximum absolute atomic E-state index is 12.4. The Hall–Kier alpha value is -1.66. The van der Waals surface area contributed by atoms with Crippen LogP contribution in [0.1, 0.15) is 46.8 Å². The van der Waals surface area contributed by atoms with Crippen LogP contribution in [0.2, 0.25) is 0 Å². The minimum Gasteiger partial charge on any atom is -0.388 e. The van der Waals surface area contributed by atoms with Crippen molar-refractivity contribution in [3.63, 3.8) is 0 Å². The molecule has 0 aliphatic carbocycles. The van der Waals surface area contributed by atoms with Crippen LogP contribution in [0.5, 0.6) is 0 Å². The lowest BCUT2D eigenvalue weighted by molar-refractivity contribution is -0.0684. The fourth-order valence-corrected chi connectivity index (χ4v) is 4.28. The van der Waals surface area contributed by atoms with Crippen molar-refractivity contribution in [2.24, 2.45) is 0 Å². The topological polar surface area (TPSA) is 180 Å². The Morgan fingerprint density at radius 2 is 1.97 bits per heavy atom. The average Bonchev–Trinajstić information content (AvgIpc) is 3.18. The SMILES string of the molecule is CCC(C)(CC1O[C@@H](n2cnc3c(=O)[nH]cnc32)[C@H](O)[C@@H]1O)OP(=O)(O)C(C)(C)O. The molecule has 0 aromatic carbocycles. The molecule has 168 valence electrons. The molecule has 0 spiro atoms. The lowest BCUT2D eigenvalue weighted by Crippen LogP contribution is -2.39. The highest BCUT2D eigenvalue weighted by Crippen LogP contribution is 2.57. The average molecular weight is 446 g/mol. The van der Waals surface area contributed by atoms with Crippen molar-refractivity contribution >= 4 is 18.8 Å². The van der Waals surface area contributed by atoms with Crippen molar-refractivity contribution in [1.82, 2.24) is 19.5 Å². The van der Waals surface area contributed by atoms with Gasteiger partial charge in [0.1, 0.15) is 12.2 Å². The summed E-state index contributed by atoms with van der Waals surface area (Å²) >= 11 is 0. The molecule has 1 aliphatic rings. The molecule has 6 atom stereocenters. The first kappa shape index (κ1) is 23.0. The first-order valence-electron chi connectivity index (χ1n) is 9.47. The van der Waals surface area contributed by atoms with Crippen LogP contribution in [-0.2, 0) is 13.8 Å². The van der Waals surface area contributed by atoms with E-state index < -0.39 is 48.6 Å². The number of imidazole rings is 1. The summed E-state index contributed by atoms with van der Waals surface area (Å²) in [4.78, 5) is 32.4. The molecule has 3 unspecified atom stereocenters. The third kappa shape index (κ3) is 4.09. The first-order chi connectivity index (χ1) is 13.8. The summed E-state index contributed by atoms with van der Waals surface area (Å²) in [5, 5.41) is 29.0. The van der Waals surface area contributed by atoms with E-state index in [0.29, 0.717) is 0 Å². The van der Waals surface area contributed by atoms with Gasteiger partial charge in [-0.15, -0.1) is 0 Å². The van der Waals surface area contributed by atoms with Crippen LogP contribution in [0.4, 0.5) is 0 Å². The number of hydrogen-bond donors (Lipinski definition) is 5. The van der Waals surface area contributed by atoms with Crippen molar-refractivity contribution in [2.45, 2.75) is 76.0 Å². The summed E-state index contributed by atoms with van der Waals surface area (Å²) in [6.07, 6.45) is -2.06. The van der Waals surface area contributed by atoms with Crippen LogP contribution < -0.4 is 5.56 Å². The Morgan fingerprint density at radius 3 is 2.57 bits per heavy atom. The van der Waals surface area contributed by atoms with Crippen LogP contribution in [0.3, 0.4) is 0 Å². The zero-order chi connectivity index (χ0) is 22.5. The van der Waals surface area contributed by atoms with Gasteiger partial charge in [0, 0.05) is 6.42 Å². The largest absolute Gasteiger partial charge is 0.388 e. The standard InChI is InChI=1S/C17H27N4O8P/c1-5-17(4,29-30(26,27)16(2,3)25)6-9-11(22)12(23)15(28-9)21-8-20-10-13(21)18-7-19-14(10)24/h7-9,11-12,15,22-23,25H,5-6H2,1-4H3,(H,26,27)(H,18,19,24)/t9?,11-,12-,15-,17?/m1/s1. The number of hydrogen-bond acceptors (Lipinski definition) is 9. The fourth-order valence-electron chi connectivity index (χ4n) is 3.26. The van der Waals surface area contributed by atoms with Crippen LogP contribution >= 0.6 is 7.60 Å². The molecule has 5 N–H and O–H groups in total. The number of H-pyrrole nitrogens is 1. The van der Waals surface area contributed by atoms with E-state index >= 15 is 0 Å². The van der Waals surface area contributed by atoms with E-state index in [9.17, 15) is 29.6 Å². The second kappa shape index (κ2) is 7.79. The monoisotopic (exact) mass is 446 g/mol. The summed E-state index contributed by atoms with van der Waals surface area (Å²) in [5.41, 5.74) is -1.47. The van der Waals surface area contributed by atoms with Crippen molar-refractivity contribution in [1.29, 1.82) is 0 Å². The van der Waals surface area contributed by atoms with Crippen LogP contribution in [-0.4, -0.2) is 69.0 Å². The Labute approximate surface area is 172 Å². The number of aromatic nitrogens is 4. The number of nitrogens with one attached hydrogen (secondary N) is 1. The molecule has 3 heterocycles. The maximum Gasteiger partial charge on any atom is 0.359 e. The molecule has 30 heavy (non-hydrogen) atoms. The molecule has 2 aromatic heterocycles. The van der Waals surface area contributed by atoms with Gasteiger partial charge in [0.05, 0.1) is 24.4 Å². The van der Waals surface area contributed by atoms with E-state index in [2.05, 4.69) is 15.0 Å². The Bertz CT molecular complexity index is 1020. The van der Waals surface area contributed by atoms with Gasteiger partial charge in [-0.3, -0.25) is 13.9 Å². The van der Waals surface area contributed by atoms with E-state index in [0.717, 1.165) is 0 Å². The van der Waals surface area contributed by atoms with Gasteiger partial charge >= 0.3 is 7.60 Å². The molecular formula is C17H27N4O8P. The summed E-state index contributed by atoms with van der Waals surface area (Å²) in [5.74, 6) is 0. The number of aromatic amines is 1. The molecule has 0 amide bonds. The summed E-state index contributed by atoms with van der Waals surface area (Å²) in [6.45, 7) is 5.62. The predicted octanol–water partition coefficient (Wildman–Crippen LogP) is 0.228. The van der Waals surface area contributed by atoms with Crippen molar-refractivity contribution in [3.8, 4) is 0 Å². The predicted molar refractivity (Wildman–Crippen MR) is 105 cm³/mol. The molecule has 3 rings (SSSR count). The highest BCUT2D eigenvalue weighted by atomic mass is 31.2. The Balaban J connectivity index is 1.85. The van der Waals surface area contributed by atoms with Crippen LogP contribution in [0, 0.1) is 0 Å². The fraction of sp³-hybridized carbons (Fsp3) is 0.706. The molecule has 1 saturated heterocycles. The third-order valence-electron chi connectivity index (χ3n) is 5.39. The number of ether oxygens (including phenoxy) is 1. The van der Waals surface area contributed by atoms with Gasteiger partial charge in [-0.2, -0.15) is 0 Å². The quantitative estimate of drug-likeness (QED) is 0.369. The zero-order valence-corrected chi connectivity index (χ0v) is 18.0. The highest BCUT2D eigenvalue weighted by Gasteiger charge is 2.50. The minimum absolute atomic E-state index is 0.0422. The third-order valence-corrected chi connectivity index (χ3v) is 7.46. The van der Waals surface area contributed by atoms with E-state index in [4.69, 9.17) is 9.26 Å². The van der Waals surface area contributed by atoms with Gasteiger partial charge in [-0.05, 0) is 27.2 Å². The van der Waals surface area contributed by atoms with Crippen LogP contribution in [0.15, 0.2) is 17.4 Å². The van der Waals surface area contributed by atoms with E-state index in [-0.39, 0.29) is 24.0 Å². The minimum atomic E-state index is -4.42. The number of fused-ring (bicyclic) bond motifs is 1. The molecule has 1 fully saturated rings. The molecule has 0 radical (unpaired) electrons. The van der Waals surface area contributed by atoms with Crippen molar-refractivity contribution in [3.05, 3.63) is 23.0 Å². The second-order valence-corrected chi connectivity index (χ2v) is 10.5. The smallest absolute Gasteiger partial charge is 0.359 e. The van der Waals surface area contributed by atoms with Crippen LogP contribution in [0.25, 0.3) is 11.2 Å².